The van der Waals surface area contributed by atoms with E-state index < -0.39 is 0 Å². The average Bonchev–Trinajstić information content (AvgIpc) is 2.66. The van der Waals surface area contributed by atoms with Crippen LogP contribution in [0.4, 0.5) is 5.82 Å². The topological polar surface area (TPSA) is 79.4 Å². The molecular formula is C19H27N5O2. The molecule has 26 heavy (non-hydrogen) atoms. The van der Waals surface area contributed by atoms with E-state index in [4.69, 9.17) is 4.74 Å². The molecular weight excluding hydrogens is 330 g/mol. The fourth-order valence-electron chi connectivity index (χ4n) is 2.39. The first-order valence-corrected chi connectivity index (χ1v) is 8.70. The Morgan fingerprint density at radius 2 is 1.92 bits per heavy atom. The summed E-state index contributed by atoms with van der Waals surface area (Å²) in [7, 11) is 5.67. The zero-order valence-electron chi connectivity index (χ0n) is 15.7. The highest BCUT2D eigenvalue weighted by atomic mass is 16.5. The Kier molecular flexibility index (Phi) is 7.82. The van der Waals surface area contributed by atoms with Crippen molar-refractivity contribution in [1.29, 1.82) is 0 Å². The normalized spacial score (nSPS) is 10.6. The number of hydrogen-bond acceptors (Lipinski definition) is 6. The third kappa shape index (κ3) is 6.68. The Hall–Kier alpha value is -2.67. The minimum absolute atomic E-state index is 0.177. The molecule has 0 atom stereocenters. The molecule has 2 rings (SSSR count). The third-order valence-electron chi connectivity index (χ3n) is 3.85. The molecule has 0 unspecified atom stereocenters. The van der Waals surface area contributed by atoms with Crippen molar-refractivity contribution < 1.29 is 9.53 Å². The maximum Gasteiger partial charge on any atom is 0.270 e. The van der Waals surface area contributed by atoms with Crippen molar-refractivity contribution in [1.82, 2.24) is 20.2 Å². The lowest BCUT2D eigenvalue weighted by molar-refractivity contribution is 0.0947. The van der Waals surface area contributed by atoms with Crippen LogP contribution in [0.25, 0.3) is 0 Å². The largest absolute Gasteiger partial charge is 0.497 e. The van der Waals surface area contributed by atoms with Crippen LogP contribution in [0.1, 0.15) is 22.5 Å². The Morgan fingerprint density at radius 1 is 1.15 bits per heavy atom. The summed E-state index contributed by atoms with van der Waals surface area (Å²) < 4.78 is 5.15. The molecule has 2 aromatic rings. The number of amides is 1. The SMILES string of the molecule is COc1ccc(CCNc2cc(C(=O)NCCCN(C)C)ncn2)cc1. The summed E-state index contributed by atoms with van der Waals surface area (Å²) in [6.07, 6.45) is 3.15. The lowest BCUT2D eigenvalue weighted by Gasteiger charge is -2.10. The lowest BCUT2D eigenvalue weighted by Crippen LogP contribution is -2.28. The van der Waals surface area contributed by atoms with Gasteiger partial charge >= 0.3 is 0 Å². The number of carbonyl (C=O) groups excluding carboxylic acids is 1. The molecule has 2 N–H and O–H groups in total. The maximum atomic E-state index is 12.1. The number of hydrogen-bond donors (Lipinski definition) is 2. The van der Waals surface area contributed by atoms with E-state index in [0.717, 1.165) is 25.1 Å². The van der Waals surface area contributed by atoms with Crippen molar-refractivity contribution in [2.24, 2.45) is 0 Å². The molecule has 0 spiro atoms. The molecule has 7 heteroatoms. The Morgan fingerprint density at radius 3 is 2.62 bits per heavy atom. The molecule has 0 saturated carbocycles. The minimum atomic E-state index is -0.177. The van der Waals surface area contributed by atoms with E-state index in [9.17, 15) is 4.79 Å². The smallest absolute Gasteiger partial charge is 0.270 e. The molecule has 1 heterocycles. The van der Waals surface area contributed by atoms with Crippen LogP contribution in [0.3, 0.4) is 0 Å². The molecule has 1 amide bonds. The van der Waals surface area contributed by atoms with Crippen molar-refractivity contribution in [2.75, 3.05) is 46.2 Å². The van der Waals surface area contributed by atoms with Gasteiger partial charge in [-0.2, -0.15) is 0 Å². The highest BCUT2D eigenvalue weighted by Crippen LogP contribution is 2.12. The first-order valence-electron chi connectivity index (χ1n) is 8.70. The fraction of sp³-hybridized carbons (Fsp3) is 0.421. The van der Waals surface area contributed by atoms with Gasteiger partial charge in [0.25, 0.3) is 5.91 Å². The molecule has 140 valence electrons. The van der Waals surface area contributed by atoms with Crippen molar-refractivity contribution in [3.05, 3.63) is 47.9 Å². The van der Waals surface area contributed by atoms with Gasteiger partial charge in [-0.3, -0.25) is 4.79 Å². The number of anilines is 1. The zero-order chi connectivity index (χ0) is 18.8. The molecule has 1 aromatic heterocycles. The number of nitrogens with one attached hydrogen (secondary N) is 2. The van der Waals surface area contributed by atoms with E-state index in [1.165, 1.54) is 11.9 Å². The van der Waals surface area contributed by atoms with E-state index in [1.54, 1.807) is 13.2 Å². The zero-order valence-corrected chi connectivity index (χ0v) is 15.7. The van der Waals surface area contributed by atoms with Gasteiger partial charge in [-0.1, -0.05) is 12.1 Å². The molecule has 0 radical (unpaired) electrons. The molecule has 0 aliphatic carbocycles. The molecule has 0 aliphatic rings. The number of carbonyl (C=O) groups is 1. The lowest BCUT2D eigenvalue weighted by atomic mass is 10.1. The standard InChI is InChI=1S/C19H27N5O2/c1-24(2)12-4-10-21-19(25)17-13-18(23-14-22-17)20-11-9-15-5-7-16(26-3)8-6-15/h5-8,13-14H,4,9-12H2,1-3H3,(H,21,25)(H,20,22,23). The van der Waals surface area contributed by atoms with Crippen molar-refractivity contribution in [3.8, 4) is 5.75 Å². The van der Waals surface area contributed by atoms with Gasteiger partial charge in [-0.15, -0.1) is 0 Å². The monoisotopic (exact) mass is 357 g/mol. The average molecular weight is 357 g/mol. The number of aromatic nitrogens is 2. The van der Waals surface area contributed by atoms with E-state index in [2.05, 4.69) is 25.5 Å². The number of rotatable bonds is 10. The van der Waals surface area contributed by atoms with Crippen molar-refractivity contribution >= 4 is 11.7 Å². The van der Waals surface area contributed by atoms with Gasteiger partial charge in [0.05, 0.1) is 7.11 Å². The highest BCUT2D eigenvalue weighted by molar-refractivity contribution is 5.92. The Balaban J connectivity index is 1.79. The predicted octanol–water partition coefficient (Wildman–Crippen LogP) is 1.82. The first-order chi connectivity index (χ1) is 12.6. The fourth-order valence-corrected chi connectivity index (χ4v) is 2.39. The number of nitrogens with zero attached hydrogens (tertiary/aromatic N) is 3. The minimum Gasteiger partial charge on any atom is -0.497 e. The van der Waals surface area contributed by atoms with Crippen molar-refractivity contribution in [2.45, 2.75) is 12.8 Å². The van der Waals surface area contributed by atoms with Crippen LogP contribution in [0, 0.1) is 0 Å². The van der Waals surface area contributed by atoms with Gasteiger partial charge in [0.2, 0.25) is 0 Å². The summed E-state index contributed by atoms with van der Waals surface area (Å²) in [5.74, 6) is 1.31. The molecule has 0 bridgehead atoms. The van der Waals surface area contributed by atoms with Gasteiger partial charge in [-0.25, -0.2) is 9.97 Å². The number of ether oxygens (including phenoxy) is 1. The van der Waals surface area contributed by atoms with Crippen LogP contribution in [0.5, 0.6) is 5.75 Å². The molecule has 1 aromatic carbocycles. The Bertz CT molecular complexity index is 689. The quantitative estimate of drug-likeness (QED) is 0.632. The van der Waals surface area contributed by atoms with Gasteiger partial charge in [0.15, 0.2) is 0 Å². The van der Waals surface area contributed by atoms with Crippen LogP contribution in [0.15, 0.2) is 36.7 Å². The van der Waals surface area contributed by atoms with Gasteiger partial charge in [-0.05, 0) is 51.2 Å². The number of benzene rings is 1. The van der Waals surface area contributed by atoms with Gasteiger partial charge < -0.3 is 20.3 Å². The molecule has 0 saturated heterocycles. The van der Waals surface area contributed by atoms with Gasteiger partial charge in [0.1, 0.15) is 23.6 Å². The maximum absolute atomic E-state index is 12.1. The predicted molar refractivity (Wildman–Crippen MR) is 103 cm³/mol. The molecule has 7 nitrogen and oxygen atoms in total. The summed E-state index contributed by atoms with van der Waals surface area (Å²) in [6, 6.07) is 9.63. The summed E-state index contributed by atoms with van der Waals surface area (Å²) in [5.41, 5.74) is 1.57. The van der Waals surface area contributed by atoms with Crippen LogP contribution in [-0.4, -0.2) is 61.6 Å². The second-order valence-corrected chi connectivity index (χ2v) is 6.23. The first kappa shape index (κ1) is 19.7. The van der Waals surface area contributed by atoms with Crippen LogP contribution in [-0.2, 0) is 6.42 Å². The third-order valence-corrected chi connectivity index (χ3v) is 3.85. The summed E-state index contributed by atoms with van der Waals surface area (Å²) in [5, 5.41) is 6.11. The van der Waals surface area contributed by atoms with Crippen LogP contribution < -0.4 is 15.4 Å². The van der Waals surface area contributed by atoms with Gasteiger partial charge in [0, 0.05) is 19.2 Å². The second-order valence-electron chi connectivity index (χ2n) is 6.23. The van der Waals surface area contributed by atoms with E-state index in [-0.39, 0.29) is 5.91 Å². The second kappa shape index (κ2) is 10.4. The van der Waals surface area contributed by atoms with E-state index in [1.807, 2.05) is 38.4 Å². The van der Waals surface area contributed by atoms with Crippen LogP contribution in [0.2, 0.25) is 0 Å². The Labute approximate surface area is 154 Å². The van der Waals surface area contributed by atoms with E-state index >= 15 is 0 Å². The molecule has 0 aliphatic heterocycles. The summed E-state index contributed by atoms with van der Waals surface area (Å²) >= 11 is 0. The summed E-state index contributed by atoms with van der Waals surface area (Å²) in [6.45, 7) is 2.27. The summed E-state index contributed by atoms with van der Waals surface area (Å²) in [4.78, 5) is 22.4. The highest BCUT2D eigenvalue weighted by Gasteiger charge is 2.08. The molecule has 0 fully saturated rings. The number of methoxy groups -OCH3 is 1. The van der Waals surface area contributed by atoms with Crippen LogP contribution >= 0.6 is 0 Å². The van der Waals surface area contributed by atoms with E-state index in [0.29, 0.717) is 24.6 Å². The van der Waals surface area contributed by atoms with Crippen molar-refractivity contribution in [3.63, 3.8) is 0 Å².